The Morgan fingerprint density at radius 3 is 2.30 bits per heavy atom. The van der Waals surface area contributed by atoms with Gasteiger partial charge in [-0.1, -0.05) is 18.6 Å². The van der Waals surface area contributed by atoms with Gasteiger partial charge in [0, 0.05) is 19.0 Å². The number of carboxylic acid groups (broad SMARTS) is 1. The summed E-state index contributed by atoms with van der Waals surface area (Å²) in [5, 5.41) is 12.0. The maximum absolute atomic E-state index is 12.3. The van der Waals surface area contributed by atoms with E-state index in [2.05, 4.69) is 5.32 Å². The fraction of sp³-hybridized carbons (Fsp3) is 0.500. The summed E-state index contributed by atoms with van der Waals surface area (Å²) in [6, 6.07) is 6.79. The molecule has 1 aliphatic carbocycles. The second-order valence-electron chi connectivity index (χ2n) is 7.20. The fourth-order valence-corrected chi connectivity index (χ4v) is 3.85. The lowest BCUT2D eigenvalue weighted by atomic mass is 9.81. The molecule has 1 saturated carbocycles. The van der Waals surface area contributed by atoms with Crippen molar-refractivity contribution in [1.29, 1.82) is 0 Å². The predicted octanol–water partition coefficient (Wildman–Crippen LogP) is 2.07. The van der Waals surface area contributed by atoms with E-state index in [0.717, 1.165) is 12.8 Å². The van der Waals surface area contributed by atoms with Crippen LogP contribution in [0.1, 0.15) is 59.2 Å². The average Bonchev–Trinajstić information content (AvgIpc) is 2.92. The first-order valence-electron chi connectivity index (χ1n) is 9.44. The van der Waals surface area contributed by atoms with Crippen molar-refractivity contribution in [2.75, 3.05) is 13.1 Å². The molecule has 27 heavy (non-hydrogen) atoms. The first kappa shape index (κ1) is 19.1. The molecule has 0 saturated heterocycles. The highest BCUT2D eigenvalue weighted by atomic mass is 16.4. The van der Waals surface area contributed by atoms with Crippen molar-refractivity contribution in [3.63, 3.8) is 0 Å². The number of carbonyl (C=O) groups is 4. The lowest BCUT2D eigenvalue weighted by Gasteiger charge is -2.25. The number of nitrogens with one attached hydrogen (secondary N) is 1. The van der Waals surface area contributed by atoms with Crippen molar-refractivity contribution in [2.45, 2.75) is 38.5 Å². The van der Waals surface area contributed by atoms with Gasteiger partial charge in [0.05, 0.1) is 17.0 Å². The average molecular weight is 372 g/mol. The molecule has 0 radical (unpaired) electrons. The van der Waals surface area contributed by atoms with Crippen LogP contribution in [-0.4, -0.2) is 46.8 Å². The van der Waals surface area contributed by atoms with E-state index in [4.69, 9.17) is 5.11 Å². The topological polar surface area (TPSA) is 104 Å². The smallest absolute Gasteiger partial charge is 0.306 e. The molecule has 1 aromatic rings. The quantitative estimate of drug-likeness (QED) is 0.563. The Hall–Kier alpha value is -2.70. The summed E-state index contributed by atoms with van der Waals surface area (Å²) in [7, 11) is 0. The van der Waals surface area contributed by atoms with E-state index >= 15 is 0 Å². The zero-order valence-corrected chi connectivity index (χ0v) is 15.1. The molecular formula is C20H24N2O5. The highest BCUT2D eigenvalue weighted by Crippen LogP contribution is 2.29. The minimum Gasteiger partial charge on any atom is -0.481 e. The molecule has 0 aromatic heterocycles. The summed E-state index contributed by atoms with van der Waals surface area (Å²) in [5.41, 5.74) is 0.891. The molecule has 2 aliphatic rings. The lowest BCUT2D eigenvalue weighted by Crippen LogP contribution is -2.36. The van der Waals surface area contributed by atoms with Gasteiger partial charge in [0.2, 0.25) is 5.91 Å². The van der Waals surface area contributed by atoms with Crippen molar-refractivity contribution in [2.24, 2.45) is 11.8 Å². The minimum absolute atomic E-state index is 0.0957. The monoisotopic (exact) mass is 372 g/mol. The highest BCUT2D eigenvalue weighted by molar-refractivity contribution is 6.21. The van der Waals surface area contributed by atoms with Crippen LogP contribution < -0.4 is 5.32 Å². The van der Waals surface area contributed by atoms with E-state index in [9.17, 15) is 19.2 Å². The summed E-state index contributed by atoms with van der Waals surface area (Å²) < 4.78 is 0. The Bertz CT molecular complexity index is 725. The summed E-state index contributed by atoms with van der Waals surface area (Å²) in [6.45, 7) is 0.781. The second-order valence-corrected chi connectivity index (χ2v) is 7.20. The van der Waals surface area contributed by atoms with Crippen LogP contribution in [-0.2, 0) is 9.59 Å². The molecule has 1 aromatic carbocycles. The van der Waals surface area contributed by atoms with Gasteiger partial charge in [0.15, 0.2) is 0 Å². The molecule has 3 amide bonds. The van der Waals surface area contributed by atoms with Crippen LogP contribution in [0.4, 0.5) is 0 Å². The number of hydrogen-bond donors (Lipinski definition) is 2. The molecule has 1 aliphatic heterocycles. The van der Waals surface area contributed by atoms with Gasteiger partial charge >= 0.3 is 5.97 Å². The summed E-state index contributed by atoms with van der Waals surface area (Å²) >= 11 is 0. The number of benzene rings is 1. The van der Waals surface area contributed by atoms with E-state index < -0.39 is 11.9 Å². The van der Waals surface area contributed by atoms with E-state index in [1.165, 1.54) is 4.90 Å². The SMILES string of the molecule is O=C(O)C1CCCC(C(=O)NCCCCN2C(=O)c3ccccc3C2=O)C1. The molecule has 1 fully saturated rings. The summed E-state index contributed by atoms with van der Waals surface area (Å²) in [5.74, 6) is -2.11. The zero-order chi connectivity index (χ0) is 19.4. The van der Waals surface area contributed by atoms with Crippen LogP contribution in [0.3, 0.4) is 0 Å². The number of nitrogens with zero attached hydrogens (tertiary/aromatic N) is 1. The van der Waals surface area contributed by atoms with Crippen LogP contribution >= 0.6 is 0 Å². The van der Waals surface area contributed by atoms with Gasteiger partial charge in [-0.05, 0) is 44.2 Å². The van der Waals surface area contributed by atoms with Gasteiger partial charge < -0.3 is 10.4 Å². The van der Waals surface area contributed by atoms with Crippen LogP contribution in [0.2, 0.25) is 0 Å². The third-order valence-corrected chi connectivity index (χ3v) is 5.38. The predicted molar refractivity (Wildman–Crippen MR) is 97.1 cm³/mol. The number of imide groups is 1. The number of rotatable bonds is 7. The second kappa shape index (κ2) is 8.33. The van der Waals surface area contributed by atoms with Crippen LogP contribution in [0.15, 0.2) is 24.3 Å². The Labute approximate surface area is 157 Å². The van der Waals surface area contributed by atoms with E-state index in [-0.39, 0.29) is 23.6 Å². The molecule has 0 bridgehead atoms. The number of hydrogen-bond acceptors (Lipinski definition) is 4. The number of amides is 3. The number of aliphatic carboxylic acids is 1. The van der Waals surface area contributed by atoms with Gasteiger partial charge in [0.1, 0.15) is 0 Å². The number of unbranched alkanes of at least 4 members (excludes halogenated alkanes) is 1. The summed E-state index contributed by atoms with van der Waals surface area (Å²) in [4.78, 5) is 49.1. The van der Waals surface area contributed by atoms with Gasteiger partial charge in [0.25, 0.3) is 11.8 Å². The molecular weight excluding hydrogens is 348 g/mol. The van der Waals surface area contributed by atoms with E-state index in [1.54, 1.807) is 24.3 Å². The number of carboxylic acids is 1. The number of fused-ring (bicyclic) bond motifs is 1. The number of carbonyl (C=O) groups excluding carboxylic acids is 3. The highest BCUT2D eigenvalue weighted by Gasteiger charge is 2.34. The Balaban J connectivity index is 1.39. The van der Waals surface area contributed by atoms with Gasteiger partial charge in [-0.2, -0.15) is 0 Å². The molecule has 2 atom stereocenters. The maximum atomic E-state index is 12.3. The van der Waals surface area contributed by atoms with Crippen molar-refractivity contribution in [3.05, 3.63) is 35.4 Å². The van der Waals surface area contributed by atoms with Crippen molar-refractivity contribution in [3.8, 4) is 0 Å². The first-order valence-corrected chi connectivity index (χ1v) is 9.44. The molecule has 2 N–H and O–H groups in total. The molecule has 7 heteroatoms. The lowest BCUT2D eigenvalue weighted by molar-refractivity contribution is -0.144. The van der Waals surface area contributed by atoms with Gasteiger partial charge in [-0.3, -0.25) is 24.1 Å². The fourth-order valence-electron chi connectivity index (χ4n) is 3.85. The molecule has 3 rings (SSSR count). The van der Waals surface area contributed by atoms with Gasteiger partial charge in [-0.25, -0.2) is 0 Å². The Morgan fingerprint density at radius 1 is 1.04 bits per heavy atom. The molecule has 144 valence electrons. The molecule has 2 unspecified atom stereocenters. The van der Waals surface area contributed by atoms with Crippen LogP contribution in [0, 0.1) is 11.8 Å². The standard InChI is InChI=1S/C20H24N2O5/c23-17(13-6-5-7-14(12-13)20(26)27)21-10-3-4-11-22-18(24)15-8-1-2-9-16(15)19(22)25/h1-2,8-9,13-14H,3-7,10-12H2,(H,21,23)(H,26,27). The van der Waals surface area contributed by atoms with Crippen molar-refractivity contribution in [1.82, 2.24) is 10.2 Å². The Morgan fingerprint density at radius 2 is 1.67 bits per heavy atom. The van der Waals surface area contributed by atoms with E-state index in [1.807, 2.05) is 0 Å². The first-order chi connectivity index (χ1) is 13.0. The zero-order valence-electron chi connectivity index (χ0n) is 15.1. The van der Waals surface area contributed by atoms with Gasteiger partial charge in [-0.15, -0.1) is 0 Å². The Kier molecular flexibility index (Phi) is 5.88. The minimum atomic E-state index is -0.826. The van der Waals surface area contributed by atoms with Crippen LogP contribution in [0.25, 0.3) is 0 Å². The summed E-state index contributed by atoms with van der Waals surface area (Å²) in [6.07, 6.45) is 3.78. The third-order valence-electron chi connectivity index (χ3n) is 5.38. The van der Waals surface area contributed by atoms with E-state index in [0.29, 0.717) is 49.9 Å². The van der Waals surface area contributed by atoms with Crippen molar-refractivity contribution < 1.29 is 24.3 Å². The molecule has 7 nitrogen and oxygen atoms in total. The third kappa shape index (κ3) is 4.18. The molecule has 1 heterocycles. The molecule has 0 spiro atoms. The normalized spacial score (nSPS) is 21.9. The van der Waals surface area contributed by atoms with Crippen LogP contribution in [0.5, 0.6) is 0 Å². The largest absolute Gasteiger partial charge is 0.481 e. The maximum Gasteiger partial charge on any atom is 0.306 e. The van der Waals surface area contributed by atoms with Crippen molar-refractivity contribution >= 4 is 23.7 Å².